The van der Waals surface area contributed by atoms with Gasteiger partial charge in [-0.1, -0.05) is 44.7 Å². The third kappa shape index (κ3) is 2.63. The van der Waals surface area contributed by atoms with Crippen LogP contribution in [0, 0.1) is 5.41 Å². The molecule has 96 valence electrons. The van der Waals surface area contributed by atoms with Gasteiger partial charge >= 0.3 is 5.97 Å². The summed E-state index contributed by atoms with van der Waals surface area (Å²) >= 11 is 0. The standard InChI is InChI=1S/C16H20O2/c1-11(2)15(17)18-14-10-16(3,4)9-12-7-5-6-8-13(12)14/h5-8,14H,1,9-10H2,2-4H3. The van der Waals surface area contributed by atoms with E-state index in [1.165, 1.54) is 5.56 Å². The maximum atomic E-state index is 11.7. The lowest BCUT2D eigenvalue weighted by Gasteiger charge is -2.36. The minimum absolute atomic E-state index is 0.144. The van der Waals surface area contributed by atoms with Crippen LogP contribution in [-0.4, -0.2) is 5.97 Å². The van der Waals surface area contributed by atoms with Crippen LogP contribution in [0.15, 0.2) is 36.4 Å². The Morgan fingerprint density at radius 3 is 2.72 bits per heavy atom. The summed E-state index contributed by atoms with van der Waals surface area (Å²) in [6, 6.07) is 8.22. The topological polar surface area (TPSA) is 26.3 Å². The lowest BCUT2D eigenvalue weighted by molar-refractivity contribution is -0.146. The first-order valence-electron chi connectivity index (χ1n) is 6.33. The van der Waals surface area contributed by atoms with Gasteiger partial charge in [-0.2, -0.15) is 0 Å². The molecule has 1 unspecified atom stereocenters. The molecule has 0 fully saturated rings. The fourth-order valence-electron chi connectivity index (χ4n) is 2.54. The smallest absolute Gasteiger partial charge is 0.333 e. The van der Waals surface area contributed by atoms with Crippen molar-refractivity contribution in [3.05, 3.63) is 47.5 Å². The first-order chi connectivity index (χ1) is 8.39. The molecule has 0 bridgehead atoms. The maximum Gasteiger partial charge on any atom is 0.333 e. The van der Waals surface area contributed by atoms with Crippen molar-refractivity contribution in [2.45, 2.75) is 39.7 Å². The Labute approximate surface area is 109 Å². The van der Waals surface area contributed by atoms with Crippen LogP contribution in [0.1, 0.15) is 44.4 Å². The average Bonchev–Trinajstić information content (AvgIpc) is 2.27. The van der Waals surface area contributed by atoms with Crippen LogP contribution in [0.3, 0.4) is 0 Å². The summed E-state index contributed by atoms with van der Waals surface area (Å²) < 4.78 is 5.58. The van der Waals surface area contributed by atoms with Crippen molar-refractivity contribution in [3.8, 4) is 0 Å². The van der Waals surface area contributed by atoms with Crippen molar-refractivity contribution in [3.63, 3.8) is 0 Å². The van der Waals surface area contributed by atoms with Gasteiger partial charge in [-0.15, -0.1) is 0 Å². The van der Waals surface area contributed by atoms with E-state index in [9.17, 15) is 4.79 Å². The molecule has 0 saturated heterocycles. The SMILES string of the molecule is C=C(C)C(=O)OC1CC(C)(C)Cc2ccccc21. The summed E-state index contributed by atoms with van der Waals surface area (Å²) in [7, 11) is 0. The van der Waals surface area contributed by atoms with Gasteiger partial charge in [0.15, 0.2) is 0 Å². The lowest BCUT2D eigenvalue weighted by Crippen LogP contribution is -2.28. The van der Waals surface area contributed by atoms with Gasteiger partial charge in [0.2, 0.25) is 0 Å². The minimum atomic E-state index is -0.299. The molecule has 0 spiro atoms. The molecule has 2 rings (SSSR count). The molecular weight excluding hydrogens is 224 g/mol. The normalized spacial score (nSPS) is 20.9. The zero-order chi connectivity index (χ0) is 13.3. The highest BCUT2D eigenvalue weighted by molar-refractivity contribution is 5.87. The van der Waals surface area contributed by atoms with E-state index in [1.807, 2.05) is 12.1 Å². The highest BCUT2D eigenvalue weighted by Gasteiger charge is 2.34. The molecule has 0 saturated carbocycles. The molecule has 0 N–H and O–H groups in total. The summed E-state index contributed by atoms with van der Waals surface area (Å²) in [6.07, 6.45) is 1.75. The van der Waals surface area contributed by atoms with Crippen LogP contribution >= 0.6 is 0 Å². The van der Waals surface area contributed by atoms with Crippen molar-refractivity contribution in [2.75, 3.05) is 0 Å². The molecule has 0 amide bonds. The number of esters is 1. The highest BCUT2D eigenvalue weighted by Crippen LogP contribution is 2.42. The third-order valence-corrected chi connectivity index (χ3v) is 3.41. The summed E-state index contributed by atoms with van der Waals surface area (Å²) in [5, 5.41) is 0. The number of carbonyl (C=O) groups is 1. The number of hydrogen-bond acceptors (Lipinski definition) is 2. The molecule has 1 aromatic rings. The highest BCUT2D eigenvalue weighted by atomic mass is 16.5. The van der Waals surface area contributed by atoms with Crippen molar-refractivity contribution in [1.82, 2.24) is 0 Å². The largest absolute Gasteiger partial charge is 0.454 e. The van der Waals surface area contributed by atoms with Crippen LogP contribution in [0.2, 0.25) is 0 Å². The van der Waals surface area contributed by atoms with Crippen LogP contribution < -0.4 is 0 Å². The first-order valence-corrected chi connectivity index (χ1v) is 6.33. The monoisotopic (exact) mass is 244 g/mol. The van der Waals surface area contributed by atoms with Gasteiger partial charge in [0.25, 0.3) is 0 Å². The van der Waals surface area contributed by atoms with E-state index in [0.717, 1.165) is 18.4 Å². The van der Waals surface area contributed by atoms with E-state index < -0.39 is 0 Å². The van der Waals surface area contributed by atoms with Crippen molar-refractivity contribution >= 4 is 5.97 Å². The number of rotatable bonds is 2. The second-order valence-corrected chi connectivity index (χ2v) is 5.92. The summed E-state index contributed by atoms with van der Waals surface area (Å²) in [5.74, 6) is -0.299. The van der Waals surface area contributed by atoms with Crippen molar-refractivity contribution in [2.24, 2.45) is 5.41 Å². The Morgan fingerprint density at radius 1 is 1.39 bits per heavy atom. The Balaban J connectivity index is 2.30. The molecule has 0 radical (unpaired) electrons. The number of ether oxygens (including phenoxy) is 1. The molecule has 1 aromatic carbocycles. The van der Waals surface area contributed by atoms with E-state index in [-0.39, 0.29) is 17.5 Å². The fraction of sp³-hybridized carbons (Fsp3) is 0.438. The van der Waals surface area contributed by atoms with Crippen molar-refractivity contribution in [1.29, 1.82) is 0 Å². The molecule has 0 aromatic heterocycles. The molecule has 0 heterocycles. The average molecular weight is 244 g/mol. The van der Waals surface area contributed by atoms with Crippen molar-refractivity contribution < 1.29 is 9.53 Å². The zero-order valence-electron chi connectivity index (χ0n) is 11.3. The molecule has 18 heavy (non-hydrogen) atoms. The van der Waals surface area contributed by atoms with Gasteiger partial charge in [-0.25, -0.2) is 4.79 Å². The third-order valence-electron chi connectivity index (χ3n) is 3.41. The Morgan fingerprint density at radius 2 is 2.06 bits per heavy atom. The lowest BCUT2D eigenvalue weighted by atomic mass is 9.73. The van der Waals surface area contributed by atoms with E-state index in [1.54, 1.807) is 6.92 Å². The van der Waals surface area contributed by atoms with E-state index in [0.29, 0.717) is 5.57 Å². The van der Waals surface area contributed by atoms with Gasteiger partial charge in [0.05, 0.1) is 0 Å². The summed E-state index contributed by atoms with van der Waals surface area (Å²) in [5.41, 5.74) is 3.05. The number of hydrogen-bond donors (Lipinski definition) is 0. The summed E-state index contributed by atoms with van der Waals surface area (Å²) in [6.45, 7) is 9.75. The Kier molecular flexibility index (Phi) is 3.29. The molecule has 1 aliphatic rings. The summed E-state index contributed by atoms with van der Waals surface area (Å²) in [4.78, 5) is 11.7. The second kappa shape index (κ2) is 4.60. The van der Waals surface area contributed by atoms with Crippen LogP contribution in [0.25, 0.3) is 0 Å². The van der Waals surface area contributed by atoms with E-state index in [4.69, 9.17) is 4.74 Å². The molecule has 2 nitrogen and oxygen atoms in total. The van der Waals surface area contributed by atoms with Crippen LogP contribution in [-0.2, 0) is 16.0 Å². The van der Waals surface area contributed by atoms with Gasteiger partial charge in [0, 0.05) is 5.57 Å². The van der Waals surface area contributed by atoms with Crippen LogP contribution in [0.5, 0.6) is 0 Å². The van der Waals surface area contributed by atoms with Gasteiger partial charge < -0.3 is 4.74 Å². The van der Waals surface area contributed by atoms with E-state index in [2.05, 4.69) is 32.6 Å². The van der Waals surface area contributed by atoms with Gasteiger partial charge in [-0.05, 0) is 36.3 Å². The predicted octanol–water partition coefficient (Wildman–Crippen LogP) is 3.82. The number of benzene rings is 1. The molecule has 1 atom stereocenters. The predicted molar refractivity (Wildman–Crippen MR) is 72.2 cm³/mol. The Hall–Kier alpha value is -1.57. The molecule has 0 aliphatic heterocycles. The number of fused-ring (bicyclic) bond motifs is 1. The first kappa shape index (κ1) is 12.9. The minimum Gasteiger partial charge on any atom is -0.454 e. The molecule has 1 aliphatic carbocycles. The zero-order valence-corrected chi connectivity index (χ0v) is 11.3. The fourth-order valence-corrected chi connectivity index (χ4v) is 2.54. The Bertz CT molecular complexity index is 486. The molecule has 2 heteroatoms. The quantitative estimate of drug-likeness (QED) is 0.584. The maximum absolute atomic E-state index is 11.7. The second-order valence-electron chi connectivity index (χ2n) is 5.92. The van der Waals surface area contributed by atoms with E-state index >= 15 is 0 Å². The molecular formula is C16H20O2. The van der Waals surface area contributed by atoms with Gasteiger partial charge in [0.1, 0.15) is 6.10 Å². The van der Waals surface area contributed by atoms with Crippen LogP contribution in [0.4, 0.5) is 0 Å². The number of carbonyl (C=O) groups excluding carboxylic acids is 1. The van der Waals surface area contributed by atoms with Gasteiger partial charge in [-0.3, -0.25) is 0 Å².